The normalized spacial score (nSPS) is 21.2. The fourth-order valence-electron chi connectivity index (χ4n) is 1.86. The Balaban J connectivity index is 2.69. The molecule has 2 atom stereocenters. The van der Waals surface area contributed by atoms with Gasteiger partial charge in [0.15, 0.2) is 0 Å². The maximum absolute atomic E-state index is 12.2. The zero-order valence-corrected chi connectivity index (χ0v) is 12.9. The van der Waals surface area contributed by atoms with Gasteiger partial charge in [0, 0.05) is 5.54 Å². The van der Waals surface area contributed by atoms with E-state index in [1.165, 1.54) is 0 Å². The van der Waals surface area contributed by atoms with Crippen LogP contribution in [0.3, 0.4) is 0 Å². The van der Waals surface area contributed by atoms with Gasteiger partial charge in [0.2, 0.25) is 0 Å². The van der Waals surface area contributed by atoms with Gasteiger partial charge in [-0.3, -0.25) is 4.79 Å². The summed E-state index contributed by atoms with van der Waals surface area (Å²) in [4.78, 5) is 11.7. The van der Waals surface area contributed by atoms with Gasteiger partial charge >= 0.3 is 5.97 Å². The predicted octanol–water partition coefficient (Wildman–Crippen LogP) is 2.16. The van der Waals surface area contributed by atoms with Gasteiger partial charge in [0.25, 0.3) is 0 Å². The Morgan fingerprint density at radius 2 is 1.89 bits per heavy atom. The third-order valence-electron chi connectivity index (χ3n) is 3.18. The third-order valence-corrected chi connectivity index (χ3v) is 4.94. The molecule has 1 aliphatic carbocycles. The Kier molecular flexibility index (Phi) is 4.95. The third kappa shape index (κ3) is 4.35. The molecule has 0 saturated heterocycles. The Bertz CT molecular complexity index is 334. The van der Waals surface area contributed by atoms with E-state index in [0.717, 1.165) is 12.8 Å². The quantitative estimate of drug-likeness (QED) is 0.756. The summed E-state index contributed by atoms with van der Waals surface area (Å²) in [7, 11) is -1.17. The molecule has 0 aromatic carbocycles. The lowest BCUT2D eigenvalue weighted by molar-refractivity contribution is -0.144. The van der Waals surface area contributed by atoms with E-state index in [4.69, 9.17) is 4.74 Å². The molecule has 0 spiro atoms. The SMILES string of the molecule is CCOC(=O)C[C@](C)(N[S@@](=O)C(C)(C)C)C1CC1. The smallest absolute Gasteiger partial charge is 0.307 e. The summed E-state index contributed by atoms with van der Waals surface area (Å²) in [6, 6.07) is 0. The Morgan fingerprint density at radius 1 is 1.33 bits per heavy atom. The van der Waals surface area contributed by atoms with Crippen molar-refractivity contribution in [2.75, 3.05) is 6.61 Å². The summed E-state index contributed by atoms with van der Waals surface area (Å²) in [5.41, 5.74) is -0.412. The molecule has 1 aliphatic rings. The molecule has 1 rings (SSSR count). The standard InChI is InChI=1S/C13H25NO3S/c1-6-17-11(15)9-13(5,10-7-8-10)14-18(16)12(2,3)4/h10,14H,6-9H2,1-5H3/t13-,18-/m0/s1. The number of hydrogen-bond acceptors (Lipinski definition) is 3. The molecule has 0 aliphatic heterocycles. The van der Waals surface area contributed by atoms with Gasteiger partial charge < -0.3 is 4.74 Å². The van der Waals surface area contributed by atoms with E-state index in [2.05, 4.69) is 4.72 Å². The van der Waals surface area contributed by atoms with E-state index in [1.807, 2.05) is 27.7 Å². The van der Waals surface area contributed by atoms with E-state index in [-0.39, 0.29) is 17.1 Å². The van der Waals surface area contributed by atoms with Crippen molar-refractivity contribution in [3.8, 4) is 0 Å². The Hall–Kier alpha value is -0.420. The molecule has 0 heterocycles. The van der Waals surface area contributed by atoms with Crippen LogP contribution in [-0.2, 0) is 20.5 Å². The number of ether oxygens (including phenoxy) is 1. The minimum Gasteiger partial charge on any atom is -0.466 e. The fourth-order valence-corrected chi connectivity index (χ4v) is 2.83. The maximum atomic E-state index is 12.2. The van der Waals surface area contributed by atoms with Gasteiger partial charge in [-0.25, -0.2) is 8.93 Å². The van der Waals surface area contributed by atoms with Gasteiger partial charge in [0.05, 0.1) is 28.8 Å². The van der Waals surface area contributed by atoms with E-state index in [9.17, 15) is 9.00 Å². The number of hydrogen-bond donors (Lipinski definition) is 1. The highest BCUT2D eigenvalue weighted by Crippen LogP contribution is 2.42. The molecule has 1 saturated carbocycles. The van der Waals surface area contributed by atoms with Crippen LogP contribution in [0.1, 0.15) is 53.9 Å². The van der Waals surface area contributed by atoms with Gasteiger partial charge in [-0.2, -0.15) is 0 Å². The van der Waals surface area contributed by atoms with E-state index in [0.29, 0.717) is 12.5 Å². The zero-order chi connectivity index (χ0) is 14.0. The average molecular weight is 275 g/mol. The lowest BCUT2D eigenvalue weighted by Crippen LogP contribution is -2.51. The number of carbonyl (C=O) groups is 1. The molecule has 5 heteroatoms. The second-order valence-corrected chi connectivity index (χ2v) is 8.12. The summed E-state index contributed by atoms with van der Waals surface area (Å²) in [6.07, 6.45) is 2.46. The highest BCUT2D eigenvalue weighted by atomic mass is 32.2. The molecule has 0 aromatic heterocycles. The van der Waals surface area contributed by atoms with Crippen LogP contribution in [0.4, 0.5) is 0 Å². The minimum absolute atomic E-state index is 0.217. The summed E-state index contributed by atoms with van der Waals surface area (Å²) in [5, 5.41) is 0. The molecular weight excluding hydrogens is 250 g/mol. The van der Waals surface area contributed by atoms with Crippen molar-refractivity contribution in [1.82, 2.24) is 4.72 Å². The lowest BCUT2D eigenvalue weighted by Gasteiger charge is -2.32. The maximum Gasteiger partial charge on any atom is 0.307 e. The molecule has 4 nitrogen and oxygen atoms in total. The van der Waals surface area contributed by atoms with Crippen molar-refractivity contribution in [3.05, 3.63) is 0 Å². The summed E-state index contributed by atoms with van der Waals surface area (Å²) < 4.78 is 20.0. The molecular formula is C13H25NO3S. The van der Waals surface area contributed by atoms with Crippen LogP contribution in [0.5, 0.6) is 0 Å². The van der Waals surface area contributed by atoms with Crippen LogP contribution < -0.4 is 4.72 Å². The Labute approximate surface area is 112 Å². The first-order valence-corrected chi connectivity index (χ1v) is 7.69. The van der Waals surface area contributed by atoms with Crippen LogP contribution in [0, 0.1) is 5.92 Å². The van der Waals surface area contributed by atoms with Crippen LogP contribution >= 0.6 is 0 Å². The second-order valence-electron chi connectivity index (χ2n) is 6.16. The summed E-state index contributed by atoms with van der Waals surface area (Å²) in [5.74, 6) is 0.207. The first-order valence-electron chi connectivity index (χ1n) is 6.54. The molecule has 0 aromatic rings. The molecule has 0 amide bonds. The van der Waals surface area contributed by atoms with Crippen molar-refractivity contribution in [3.63, 3.8) is 0 Å². The molecule has 106 valence electrons. The largest absolute Gasteiger partial charge is 0.466 e. The fraction of sp³-hybridized carbons (Fsp3) is 0.923. The van der Waals surface area contributed by atoms with Gasteiger partial charge in [0.1, 0.15) is 0 Å². The molecule has 1 N–H and O–H groups in total. The Morgan fingerprint density at radius 3 is 2.28 bits per heavy atom. The van der Waals surface area contributed by atoms with E-state index >= 15 is 0 Å². The molecule has 0 radical (unpaired) electrons. The van der Waals surface area contributed by atoms with Crippen molar-refractivity contribution >= 4 is 17.0 Å². The first kappa shape index (κ1) is 15.6. The first-order chi connectivity index (χ1) is 8.19. The molecule has 0 bridgehead atoms. The zero-order valence-electron chi connectivity index (χ0n) is 12.0. The summed E-state index contributed by atoms with van der Waals surface area (Å²) >= 11 is 0. The van der Waals surface area contributed by atoms with Crippen LogP contribution in [0.15, 0.2) is 0 Å². The number of esters is 1. The van der Waals surface area contributed by atoms with Crippen molar-refractivity contribution < 1.29 is 13.7 Å². The number of nitrogens with one attached hydrogen (secondary N) is 1. The van der Waals surface area contributed by atoms with Crippen molar-refractivity contribution in [2.45, 2.75) is 64.2 Å². The van der Waals surface area contributed by atoms with Gasteiger partial charge in [-0.1, -0.05) is 0 Å². The lowest BCUT2D eigenvalue weighted by atomic mass is 9.93. The second kappa shape index (κ2) is 5.70. The highest BCUT2D eigenvalue weighted by molar-refractivity contribution is 7.84. The van der Waals surface area contributed by atoms with Crippen molar-refractivity contribution in [1.29, 1.82) is 0 Å². The van der Waals surface area contributed by atoms with Crippen LogP contribution in [-0.4, -0.2) is 27.1 Å². The van der Waals surface area contributed by atoms with E-state index < -0.39 is 16.5 Å². The topological polar surface area (TPSA) is 55.4 Å². The van der Waals surface area contributed by atoms with E-state index in [1.54, 1.807) is 6.92 Å². The summed E-state index contributed by atoms with van der Waals surface area (Å²) in [6.45, 7) is 9.94. The van der Waals surface area contributed by atoms with Crippen LogP contribution in [0.2, 0.25) is 0 Å². The molecule has 18 heavy (non-hydrogen) atoms. The monoisotopic (exact) mass is 275 g/mol. The van der Waals surface area contributed by atoms with Crippen molar-refractivity contribution in [2.24, 2.45) is 5.92 Å². The van der Waals surface area contributed by atoms with Gasteiger partial charge in [-0.15, -0.1) is 0 Å². The molecule has 0 unspecified atom stereocenters. The predicted molar refractivity (Wildman–Crippen MR) is 73.4 cm³/mol. The number of rotatable bonds is 6. The number of carbonyl (C=O) groups excluding carboxylic acids is 1. The molecule has 1 fully saturated rings. The van der Waals surface area contributed by atoms with Crippen LogP contribution in [0.25, 0.3) is 0 Å². The minimum atomic E-state index is -1.17. The highest BCUT2D eigenvalue weighted by Gasteiger charge is 2.45. The average Bonchev–Trinajstić information content (AvgIpc) is 2.98. The van der Waals surface area contributed by atoms with Gasteiger partial charge in [-0.05, 0) is 53.4 Å².